The lowest BCUT2D eigenvalue weighted by Gasteiger charge is -2.14. The molecule has 4 nitrogen and oxygen atoms in total. The van der Waals surface area contributed by atoms with E-state index in [9.17, 15) is 4.79 Å². The summed E-state index contributed by atoms with van der Waals surface area (Å²) < 4.78 is 7.32. The molecule has 0 N–H and O–H groups in total. The molecule has 6 rings (SSSR count). The van der Waals surface area contributed by atoms with Gasteiger partial charge in [0.05, 0.1) is 22.7 Å². The minimum atomic E-state index is -0.149. The summed E-state index contributed by atoms with van der Waals surface area (Å²) in [6, 6.07) is 32.1. The van der Waals surface area contributed by atoms with Crippen LogP contribution in [0.1, 0.15) is 0 Å². The molecular weight excluding hydrogens is 396 g/mol. The van der Waals surface area contributed by atoms with Crippen LogP contribution < -0.4 is 5.56 Å². The Morgan fingerprint density at radius 2 is 1.31 bits per heavy atom. The van der Waals surface area contributed by atoms with E-state index in [1.807, 2.05) is 60.7 Å². The van der Waals surface area contributed by atoms with Crippen LogP contribution in [0.4, 0.5) is 0 Å². The Bertz CT molecular complexity index is 1570. The second kappa shape index (κ2) is 7.36. The van der Waals surface area contributed by atoms with Gasteiger partial charge in [0.15, 0.2) is 5.65 Å². The highest BCUT2D eigenvalue weighted by atomic mass is 16.3. The Labute approximate surface area is 184 Å². The molecule has 4 heteroatoms. The van der Waals surface area contributed by atoms with Gasteiger partial charge in [-0.05, 0) is 58.7 Å². The first-order chi connectivity index (χ1) is 15.8. The largest absolute Gasteiger partial charge is 0.463 e. The summed E-state index contributed by atoms with van der Waals surface area (Å²) >= 11 is 0. The molecule has 6 aromatic rings. The smallest absolute Gasteiger partial charge is 0.267 e. The topological polar surface area (TPSA) is 48.0 Å². The molecule has 0 saturated heterocycles. The number of furan rings is 1. The van der Waals surface area contributed by atoms with Crippen LogP contribution in [0.5, 0.6) is 0 Å². The van der Waals surface area contributed by atoms with E-state index in [1.165, 1.54) is 0 Å². The summed E-state index contributed by atoms with van der Waals surface area (Å²) in [6.45, 7) is 0. The van der Waals surface area contributed by atoms with Gasteiger partial charge in [0, 0.05) is 6.20 Å². The molecule has 0 amide bonds. The molecule has 0 atom stereocenters. The van der Waals surface area contributed by atoms with Gasteiger partial charge in [-0.3, -0.25) is 9.36 Å². The molecule has 0 spiro atoms. The van der Waals surface area contributed by atoms with E-state index < -0.39 is 0 Å². The van der Waals surface area contributed by atoms with Gasteiger partial charge in [-0.15, -0.1) is 0 Å². The van der Waals surface area contributed by atoms with Crippen molar-refractivity contribution < 1.29 is 4.42 Å². The fourth-order valence-electron chi connectivity index (χ4n) is 4.23. The van der Waals surface area contributed by atoms with E-state index in [2.05, 4.69) is 35.3 Å². The molecule has 0 aliphatic carbocycles. The average Bonchev–Trinajstić information content (AvgIpc) is 3.36. The number of hydrogen-bond acceptors (Lipinski definition) is 3. The lowest BCUT2D eigenvalue weighted by atomic mass is 9.98. The predicted octanol–water partition coefficient (Wildman–Crippen LogP) is 6.47. The van der Waals surface area contributed by atoms with Crippen LogP contribution in [0.3, 0.4) is 0 Å². The van der Waals surface area contributed by atoms with Crippen molar-refractivity contribution in [3.63, 3.8) is 0 Å². The Morgan fingerprint density at radius 3 is 1.97 bits per heavy atom. The van der Waals surface area contributed by atoms with Crippen molar-refractivity contribution in [1.82, 2.24) is 9.55 Å². The molecule has 3 aromatic carbocycles. The van der Waals surface area contributed by atoms with Gasteiger partial charge in [0.1, 0.15) is 5.58 Å². The number of fused-ring (bicyclic) bond motifs is 3. The SMILES string of the molecule is O=c1c2ccoc2c2cccnc2n1-c1cc(-c2ccccc2)cc(-c2ccccc2)c1. The normalized spacial score (nSPS) is 11.2. The Hall–Kier alpha value is -4.44. The maximum Gasteiger partial charge on any atom is 0.267 e. The van der Waals surface area contributed by atoms with E-state index in [-0.39, 0.29) is 5.56 Å². The number of rotatable bonds is 3. The van der Waals surface area contributed by atoms with E-state index >= 15 is 0 Å². The summed E-state index contributed by atoms with van der Waals surface area (Å²) in [7, 11) is 0. The van der Waals surface area contributed by atoms with Crippen molar-refractivity contribution in [1.29, 1.82) is 0 Å². The first-order valence-corrected chi connectivity index (χ1v) is 10.4. The molecule has 0 bridgehead atoms. The van der Waals surface area contributed by atoms with Gasteiger partial charge >= 0.3 is 0 Å². The molecular formula is C28H18N2O2. The zero-order valence-corrected chi connectivity index (χ0v) is 17.1. The van der Waals surface area contributed by atoms with Crippen molar-refractivity contribution in [3.05, 3.63) is 120 Å². The Morgan fingerprint density at radius 1 is 0.656 bits per heavy atom. The predicted molar refractivity (Wildman–Crippen MR) is 128 cm³/mol. The maximum absolute atomic E-state index is 13.6. The molecule has 0 fully saturated rings. The molecule has 3 heterocycles. The summed E-state index contributed by atoms with van der Waals surface area (Å²) in [5, 5.41) is 1.34. The minimum Gasteiger partial charge on any atom is -0.463 e. The molecule has 0 aliphatic rings. The van der Waals surface area contributed by atoms with E-state index in [0.29, 0.717) is 16.6 Å². The van der Waals surface area contributed by atoms with Crippen LogP contribution in [-0.2, 0) is 0 Å². The summed E-state index contributed by atoms with van der Waals surface area (Å²) in [5.41, 5.74) is 5.99. The Balaban J connectivity index is 1.71. The van der Waals surface area contributed by atoms with Crippen LogP contribution in [-0.4, -0.2) is 9.55 Å². The first-order valence-electron chi connectivity index (χ1n) is 10.4. The highest BCUT2D eigenvalue weighted by molar-refractivity contribution is 6.01. The van der Waals surface area contributed by atoms with E-state index in [0.717, 1.165) is 33.3 Å². The highest BCUT2D eigenvalue weighted by Crippen LogP contribution is 2.31. The van der Waals surface area contributed by atoms with Gasteiger partial charge in [0.25, 0.3) is 5.56 Å². The molecule has 0 aliphatic heterocycles. The zero-order chi connectivity index (χ0) is 21.5. The monoisotopic (exact) mass is 414 g/mol. The zero-order valence-electron chi connectivity index (χ0n) is 17.1. The average molecular weight is 414 g/mol. The third-order valence-corrected chi connectivity index (χ3v) is 5.73. The minimum absolute atomic E-state index is 0.149. The van der Waals surface area contributed by atoms with E-state index in [1.54, 1.807) is 23.1 Å². The molecule has 152 valence electrons. The lowest BCUT2D eigenvalue weighted by Crippen LogP contribution is -2.19. The summed E-state index contributed by atoms with van der Waals surface area (Å²) in [6.07, 6.45) is 3.25. The fraction of sp³-hybridized carbons (Fsp3) is 0. The first kappa shape index (κ1) is 18.3. The molecule has 3 aromatic heterocycles. The highest BCUT2D eigenvalue weighted by Gasteiger charge is 2.16. The number of benzene rings is 3. The second-order valence-corrected chi connectivity index (χ2v) is 7.68. The summed E-state index contributed by atoms with van der Waals surface area (Å²) in [5.74, 6) is 0. The maximum atomic E-state index is 13.6. The van der Waals surface area contributed by atoms with Crippen LogP contribution in [0.15, 0.2) is 119 Å². The van der Waals surface area contributed by atoms with Crippen LogP contribution in [0.2, 0.25) is 0 Å². The third kappa shape index (κ3) is 2.93. The van der Waals surface area contributed by atoms with Gasteiger partial charge in [-0.25, -0.2) is 4.98 Å². The van der Waals surface area contributed by atoms with Gasteiger partial charge in [-0.2, -0.15) is 0 Å². The second-order valence-electron chi connectivity index (χ2n) is 7.68. The summed E-state index contributed by atoms with van der Waals surface area (Å²) in [4.78, 5) is 18.1. The molecule has 0 unspecified atom stereocenters. The quantitative estimate of drug-likeness (QED) is 0.334. The number of pyridine rings is 2. The van der Waals surface area contributed by atoms with Gasteiger partial charge < -0.3 is 4.42 Å². The van der Waals surface area contributed by atoms with Crippen LogP contribution in [0, 0.1) is 0 Å². The lowest BCUT2D eigenvalue weighted by molar-refractivity contribution is 0.618. The standard InChI is InChI=1S/C28H18N2O2/c31-28-25-13-15-32-26(25)24-12-7-14-29-27(24)30(28)23-17-21(19-8-3-1-4-9-19)16-22(18-23)20-10-5-2-6-11-20/h1-18H. The molecule has 32 heavy (non-hydrogen) atoms. The number of aromatic nitrogens is 2. The van der Waals surface area contributed by atoms with Crippen molar-refractivity contribution >= 4 is 22.0 Å². The molecule has 0 radical (unpaired) electrons. The van der Waals surface area contributed by atoms with Gasteiger partial charge in [-0.1, -0.05) is 60.7 Å². The van der Waals surface area contributed by atoms with Crippen LogP contribution in [0.25, 0.3) is 49.9 Å². The van der Waals surface area contributed by atoms with Crippen LogP contribution >= 0.6 is 0 Å². The Kier molecular flexibility index (Phi) is 4.22. The third-order valence-electron chi connectivity index (χ3n) is 5.73. The van der Waals surface area contributed by atoms with E-state index in [4.69, 9.17) is 4.42 Å². The number of hydrogen-bond donors (Lipinski definition) is 0. The van der Waals surface area contributed by atoms with Gasteiger partial charge in [0.2, 0.25) is 0 Å². The van der Waals surface area contributed by atoms with Crippen molar-refractivity contribution in [2.45, 2.75) is 0 Å². The fourth-order valence-corrected chi connectivity index (χ4v) is 4.23. The molecule has 0 saturated carbocycles. The van der Waals surface area contributed by atoms with Crippen molar-refractivity contribution in [2.75, 3.05) is 0 Å². The van der Waals surface area contributed by atoms with Crippen molar-refractivity contribution in [2.24, 2.45) is 0 Å². The number of nitrogens with zero attached hydrogens (tertiary/aromatic N) is 2. The van der Waals surface area contributed by atoms with Crippen molar-refractivity contribution in [3.8, 4) is 27.9 Å².